The van der Waals surface area contributed by atoms with Crippen LogP contribution in [0.2, 0.25) is 5.02 Å². The number of nitrogens with one attached hydrogen (secondary N) is 1. The minimum Gasteiger partial charge on any atom is -0.446 e. The Balaban J connectivity index is 1.30. The van der Waals surface area contributed by atoms with Crippen molar-refractivity contribution in [2.45, 2.75) is 38.3 Å². The van der Waals surface area contributed by atoms with Crippen LogP contribution in [0, 0.1) is 11.7 Å². The van der Waals surface area contributed by atoms with Crippen LogP contribution < -0.4 is 5.32 Å². The number of fused-ring (bicyclic) bond motifs is 1. The average Bonchev–Trinajstić information content (AvgIpc) is 3.39. The number of amides is 2. The van der Waals surface area contributed by atoms with Crippen LogP contribution in [0.5, 0.6) is 0 Å². The molecule has 3 aromatic rings. The van der Waals surface area contributed by atoms with Gasteiger partial charge in [-0.15, -0.1) is 0 Å². The number of aromatic nitrogens is 3. The van der Waals surface area contributed by atoms with Crippen LogP contribution in [-0.4, -0.2) is 45.6 Å². The Kier molecular flexibility index (Phi) is 6.73. The highest BCUT2D eigenvalue weighted by Crippen LogP contribution is 2.27. The number of ether oxygens (including phenoxy) is 1. The molecule has 1 saturated heterocycles. The van der Waals surface area contributed by atoms with Crippen LogP contribution in [-0.2, 0) is 24.1 Å². The minimum atomic E-state index is -0.711. The van der Waals surface area contributed by atoms with Crippen molar-refractivity contribution in [3.05, 3.63) is 76.2 Å². The van der Waals surface area contributed by atoms with Crippen molar-refractivity contribution >= 4 is 17.6 Å². The highest BCUT2D eigenvalue weighted by Gasteiger charge is 2.27. The lowest BCUT2D eigenvalue weighted by atomic mass is 9.96. The number of halogens is 2. The van der Waals surface area contributed by atoms with Gasteiger partial charge in [-0.25, -0.2) is 24.1 Å². The number of carbonyl (C=O) groups is 1. The van der Waals surface area contributed by atoms with Gasteiger partial charge in [0.1, 0.15) is 17.7 Å². The van der Waals surface area contributed by atoms with Gasteiger partial charge in [0, 0.05) is 32.4 Å². The number of rotatable bonds is 5. The molecule has 1 N–H and O–H groups in total. The van der Waals surface area contributed by atoms with Crippen LogP contribution in [0.15, 0.2) is 41.4 Å². The van der Waals surface area contributed by atoms with Crippen LogP contribution in [0.1, 0.15) is 47.3 Å². The van der Waals surface area contributed by atoms with E-state index in [0.29, 0.717) is 36.8 Å². The molecule has 34 heavy (non-hydrogen) atoms. The Labute approximate surface area is 201 Å². The summed E-state index contributed by atoms with van der Waals surface area (Å²) < 4.78 is 25.0. The normalized spacial score (nSPS) is 17.3. The summed E-state index contributed by atoms with van der Waals surface area (Å²) in [4.78, 5) is 28.2. The van der Waals surface area contributed by atoms with Gasteiger partial charge in [-0.1, -0.05) is 17.7 Å². The Morgan fingerprint density at radius 1 is 1.29 bits per heavy atom. The molecule has 0 radical (unpaired) electrons. The standard InChI is InChI=1S/C24H25ClFN5O3/c25-18-2-1-16(10-19(18)26)23(21-12-27-14-34-21)30-24(32)31-6-3-17-11-28-22(29-20(17)13-31)9-15-4-7-33-8-5-15/h1-2,10-12,14-15,23H,3-9,13H2,(H,30,32)/t23-/m0/s1. The fourth-order valence-corrected chi connectivity index (χ4v) is 4.54. The lowest BCUT2D eigenvalue weighted by Crippen LogP contribution is -2.44. The third-order valence-corrected chi connectivity index (χ3v) is 6.68. The molecule has 0 aliphatic carbocycles. The van der Waals surface area contributed by atoms with Crippen LogP contribution in [0.25, 0.3) is 0 Å². The second-order valence-electron chi connectivity index (χ2n) is 8.65. The monoisotopic (exact) mass is 485 g/mol. The molecule has 1 aromatic carbocycles. The predicted octanol–water partition coefficient (Wildman–Crippen LogP) is 4.08. The molecule has 0 bridgehead atoms. The molecule has 0 unspecified atom stereocenters. The van der Waals surface area contributed by atoms with Gasteiger partial charge in [-0.05, 0) is 48.4 Å². The van der Waals surface area contributed by atoms with E-state index in [9.17, 15) is 9.18 Å². The average molecular weight is 486 g/mol. The molecule has 4 heterocycles. The van der Waals surface area contributed by atoms with E-state index in [-0.39, 0.29) is 11.1 Å². The van der Waals surface area contributed by atoms with Gasteiger partial charge in [0.25, 0.3) is 0 Å². The molecule has 0 saturated carbocycles. The lowest BCUT2D eigenvalue weighted by Gasteiger charge is -2.30. The molecule has 2 aliphatic rings. The van der Waals surface area contributed by atoms with Gasteiger partial charge in [0.05, 0.1) is 23.5 Å². The summed E-state index contributed by atoms with van der Waals surface area (Å²) in [6.45, 7) is 2.48. The van der Waals surface area contributed by atoms with E-state index in [0.717, 1.165) is 49.6 Å². The first-order valence-electron chi connectivity index (χ1n) is 11.4. The molecule has 2 amide bonds. The van der Waals surface area contributed by atoms with Gasteiger partial charge < -0.3 is 19.4 Å². The van der Waals surface area contributed by atoms with E-state index in [4.69, 9.17) is 25.7 Å². The maximum absolute atomic E-state index is 14.1. The van der Waals surface area contributed by atoms with E-state index in [1.807, 2.05) is 6.20 Å². The Morgan fingerprint density at radius 3 is 2.91 bits per heavy atom. The van der Waals surface area contributed by atoms with Gasteiger partial charge in [-0.3, -0.25) is 0 Å². The molecule has 1 fully saturated rings. The van der Waals surface area contributed by atoms with E-state index in [2.05, 4.69) is 15.3 Å². The zero-order valence-corrected chi connectivity index (χ0v) is 19.3. The van der Waals surface area contributed by atoms with E-state index >= 15 is 0 Å². The highest BCUT2D eigenvalue weighted by atomic mass is 35.5. The largest absolute Gasteiger partial charge is 0.446 e. The van der Waals surface area contributed by atoms with E-state index < -0.39 is 11.9 Å². The smallest absolute Gasteiger partial charge is 0.318 e. The topological polar surface area (TPSA) is 93.4 Å². The number of nitrogens with zero attached hydrogens (tertiary/aromatic N) is 4. The van der Waals surface area contributed by atoms with Gasteiger partial charge >= 0.3 is 6.03 Å². The molecule has 10 heteroatoms. The number of hydrogen-bond acceptors (Lipinski definition) is 6. The molecule has 178 valence electrons. The summed E-state index contributed by atoms with van der Waals surface area (Å²) in [6, 6.07) is 3.39. The van der Waals surface area contributed by atoms with Crippen molar-refractivity contribution in [2.75, 3.05) is 19.8 Å². The van der Waals surface area contributed by atoms with Gasteiger partial charge in [0.2, 0.25) is 0 Å². The van der Waals surface area contributed by atoms with E-state index in [1.54, 1.807) is 11.0 Å². The quantitative estimate of drug-likeness (QED) is 0.585. The van der Waals surface area contributed by atoms with Crippen molar-refractivity contribution in [3.63, 3.8) is 0 Å². The lowest BCUT2D eigenvalue weighted by molar-refractivity contribution is 0.0659. The third kappa shape index (κ3) is 5.05. The Morgan fingerprint density at radius 2 is 2.15 bits per heavy atom. The fourth-order valence-electron chi connectivity index (χ4n) is 4.42. The summed E-state index contributed by atoms with van der Waals surface area (Å²) in [5, 5.41) is 2.96. The summed E-state index contributed by atoms with van der Waals surface area (Å²) in [7, 11) is 0. The van der Waals surface area contributed by atoms with Crippen molar-refractivity contribution < 1.29 is 18.3 Å². The van der Waals surface area contributed by atoms with Crippen LogP contribution in [0.4, 0.5) is 9.18 Å². The zero-order chi connectivity index (χ0) is 23.5. The number of carbonyl (C=O) groups excluding carboxylic acids is 1. The van der Waals surface area contributed by atoms with Gasteiger partial charge in [-0.2, -0.15) is 0 Å². The second kappa shape index (κ2) is 10.1. The first kappa shape index (κ1) is 22.7. The Bertz CT molecular complexity index is 1150. The molecule has 1 atom stereocenters. The summed E-state index contributed by atoms with van der Waals surface area (Å²) >= 11 is 5.84. The van der Waals surface area contributed by atoms with Gasteiger partial charge in [0.15, 0.2) is 12.2 Å². The molecule has 0 spiro atoms. The Hall–Kier alpha value is -3.04. The van der Waals surface area contributed by atoms with Crippen molar-refractivity contribution in [2.24, 2.45) is 5.92 Å². The molecule has 2 aliphatic heterocycles. The highest BCUT2D eigenvalue weighted by molar-refractivity contribution is 6.30. The molecule has 8 nitrogen and oxygen atoms in total. The predicted molar refractivity (Wildman–Crippen MR) is 122 cm³/mol. The van der Waals surface area contributed by atoms with Crippen molar-refractivity contribution in [1.29, 1.82) is 0 Å². The first-order valence-corrected chi connectivity index (χ1v) is 11.7. The summed E-state index contributed by atoms with van der Waals surface area (Å²) in [5.74, 6) is 1.16. The number of oxazole rings is 1. The first-order chi connectivity index (χ1) is 16.6. The summed E-state index contributed by atoms with van der Waals surface area (Å²) in [5.41, 5.74) is 2.43. The molecular formula is C24H25ClFN5O3. The van der Waals surface area contributed by atoms with Crippen LogP contribution >= 0.6 is 11.6 Å². The maximum Gasteiger partial charge on any atom is 0.318 e. The number of hydrogen-bond donors (Lipinski definition) is 1. The van der Waals surface area contributed by atoms with Crippen LogP contribution in [0.3, 0.4) is 0 Å². The maximum atomic E-state index is 14.1. The molecule has 2 aromatic heterocycles. The van der Waals surface area contributed by atoms with Crippen molar-refractivity contribution in [3.8, 4) is 0 Å². The third-order valence-electron chi connectivity index (χ3n) is 6.38. The zero-order valence-electron chi connectivity index (χ0n) is 18.5. The molecular weight excluding hydrogens is 461 g/mol. The molecule has 5 rings (SSSR count). The number of benzene rings is 1. The minimum absolute atomic E-state index is 0.00951. The number of urea groups is 1. The summed E-state index contributed by atoms with van der Waals surface area (Å²) in [6.07, 6.45) is 8.18. The van der Waals surface area contributed by atoms with Crippen molar-refractivity contribution in [1.82, 2.24) is 25.2 Å². The fraction of sp³-hybridized carbons (Fsp3) is 0.417. The SMILES string of the molecule is O=C(N[C@@H](c1ccc(Cl)c(F)c1)c1cnco1)N1CCc2cnc(CC3CCOCC3)nc2C1. The second-order valence-corrected chi connectivity index (χ2v) is 9.06. The van der Waals surface area contributed by atoms with E-state index in [1.165, 1.54) is 24.7 Å².